The van der Waals surface area contributed by atoms with Gasteiger partial charge in [-0.25, -0.2) is 9.59 Å². The number of carboxylic acids is 2. The van der Waals surface area contributed by atoms with Crippen molar-refractivity contribution >= 4 is 11.9 Å². The SMILES string of the molecule is CCOc1cc(-c2ccc(C(=O)O)cc2)cc(-c2ccc(C(=O)O)cc2)c1. The molecule has 0 spiro atoms. The van der Waals surface area contributed by atoms with Gasteiger partial charge in [0.05, 0.1) is 17.7 Å². The maximum absolute atomic E-state index is 11.0. The molecule has 0 saturated carbocycles. The lowest BCUT2D eigenvalue weighted by molar-refractivity contribution is 0.0686. The van der Waals surface area contributed by atoms with Gasteiger partial charge < -0.3 is 14.9 Å². The van der Waals surface area contributed by atoms with Crippen molar-refractivity contribution in [3.63, 3.8) is 0 Å². The van der Waals surface area contributed by atoms with Crippen LogP contribution in [0.5, 0.6) is 5.75 Å². The first kappa shape index (κ1) is 18.2. The van der Waals surface area contributed by atoms with Gasteiger partial charge >= 0.3 is 11.9 Å². The zero-order valence-corrected chi connectivity index (χ0v) is 14.7. The van der Waals surface area contributed by atoms with Crippen molar-refractivity contribution < 1.29 is 24.5 Å². The monoisotopic (exact) mass is 362 g/mol. The van der Waals surface area contributed by atoms with E-state index in [1.165, 1.54) is 0 Å². The van der Waals surface area contributed by atoms with Crippen molar-refractivity contribution in [1.82, 2.24) is 0 Å². The average Bonchev–Trinajstić information content (AvgIpc) is 2.68. The number of carbonyl (C=O) groups is 2. The van der Waals surface area contributed by atoms with Crippen LogP contribution in [0.25, 0.3) is 22.3 Å². The van der Waals surface area contributed by atoms with E-state index in [9.17, 15) is 9.59 Å². The van der Waals surface area contributed by atoms with Crippen LogP contribution in [0, 0.1) is 0 Å². The van der Waals surface area contributed by atoms with Crippen LogP contribution in [0.3, 0.4) is 0 Å². The Morgan fingerprint density at radius 1 is 0.704 bits per heavy atom. The first-order chi connectivity index (χ1) is 13.0. The molecule has 0 radical (unpaired) electrons. The van der Waals surface area contributed by atoms with E-state index in [2.05, 4.69) is 0 Å². The predicted molar refractivity (Wildman–Crippen MR) is 102 cm³/mol. The summed E-state index contributed by atoms with van der Waals surface area (Å²) in [5.41, 5.74) is 3.95. The molecule has 0 saturated heterocycles. The van der Waals surface area contributed by atoms with Crippen molar-refractivity contribution in [2.45, 2.75) is 6.92 Å². The Hall–Kier alpha value is -3.60. The molecule has 0 aliphatic heterocycles. The van der Waals surface area contributed by atoms with E-state index in [1.807, 2.05) is 25.1 Å². The highest BCUT2D eigenvalue weighted by molar-refractivity contribution is 5.89. The molecule has 0 unspecified atom stereocenters. The van der Waals surface area contributed by atoms with Crippen LogP contribution in [0.1, 0.15) is 27.6 Å². The summed E-state index contributed by atoms with van der Waals surface area (Å²) in [4.78, 5) is 22.1. The number of ether oxygens (including phenoxy) is 1. The maximum atomic E-state index is 11.0. The molecule has 0 atom stereocenters. The second kappa shape index (κ2) is 7.74. The molecule has 5 heteroatoms. The minimum atomic E-state index is -0.969. The Kier molecular flexibility index (Phi) is 5.22. The Morgan fingerprint density at radius 3 is 1.44 bits per heavy atom. The molecule has 0 bridgehead atoms. The van der Waals surface area contributed by atoms with E-state index in [1.54, 1.807) is 48.5 Å². The number of aromatic carboxylic acids is 2. The normalized spacial score (nSPS) is 10.4. The minimum Gasteiger partial charge on any atom is -0.494 e. The van der Waals surface area contributed by atoms with Gasteiger partial charge in [-0.15, -0.1) is 0 Å². The molecule has 3 aromatic rings. The largest absolute Gasteiger partial charge is 0.494 e. The van der Waals surface area contributed by atoms with Crippen molar-refractivity contribution in [3.8, 4) is 28.0 Å². The van der Waals surface area contributed by atoms with Gasteiger partial charge in [0.1, 0.15) is 5.75 Å². The van der Waals surface area contributed by atoms with Crippen molar-refractivity contribution in [2.24, 2.45) is 0 Å². The molecule has 2 N–H and O–H groups in total. The Labute approximate surface area is 156 Å². The third-order valence-corrected chi connectivity index (χ3v) is 4.15. The molecule has 136 valence electrons. The van der Waals surface area contributed by atoms with Crippen LogP contribution >= 0.6 is 0 Å². The van der Waals surface area contributed by atoms with Gasteiger partial charge in [-0.2, -0.15) is 0 Å². The smallest absolute Gasteiger partial charge is 0.335 e. The molecule has 0 amide bonds. The van der Waals surface area contributed by atoms with Crippen molar-refractivity contribution in [1.29, 1.82) is 0 Å². The molecular weight excluding hydrogens is 344 g/mol. The summed E-state index contributed by atoms with van der Waals surface area (Å²) in [5, 5.41) is 18.1. The fourth-order valence-electron chi connectivity index (χ4n) is 2.79. The third-order valence-electron chi connectivity index (χ3n) is 4.15. The Balaban J connectivity index is 2.04. The highest BCUT2D eigenvalue weighted by atomic mass is 16.5. The number of rotatable bonds is 6. The number of carboxylic acid groups (broad SMARTS) is 2. The molecule has 0 aliphatic rings. The molecule has 3 rings (SSSR count). The summed E-state index contributed by atoms with van der Waals surface area (Å²) in [6.45, 7) is 2.41. The van der Waals surface area contributed by atoms with Gasteiger partial charge in [0.2, 0.25) is 0 Å². The van der Waals surface area contributed by atoms with Crippen molar-refractivity contribution in [3.05, 3.63) is 77.9 Å². The minimum absolute atomic E-state index is 0.226. The summed E-state index contributed by atoms with van der Waals surface area (Å²) in [6.07, 6.45) is 0. The van der Waals surface area contributed by atoms with Crippen LogP contribution in [-0.2, 0) is 0 Å². The molecule has 0 fully saturated rings. The number of benzene rings is 3. The third kappa shape index (κ3) is 4.15. The molecular formula is C22H18O5. The highest BCUT2D eigenvalue weighted by Crippen LogP contribution is 2.32. The fraction of sp³-hybridized carbons (Fsp3) is 0.0909. The van der Waals surface area contributed by atoms with E-state index in [-0.39, 0.29) is 11.1 Å². The van der Waals surface area contributed by atoms with Gasteiger partial charge in [-0.3, -0.25) is 0 Å². The predicted octanol–water partition coefficient (Wildman–Crippen LogP) is 4.82. The van der Waals surface area contributed by atoms with Crippen LogP contribution in [-0.4, -0.2) is 28.8 Å². The summed E-state index contributed by atoms with van der Waals surface area (Å²) in [7, 11) is 0. The van der Waals surface area contributed by atoms with Gasteiger partial charge in [-0.1, -0.05) is 24.3 Å². The van der Waals surface area contributed by atoms with Crippen LogP contribution in [0.4, 0.5) is 0 Å². The fourth-order valence-corrected chi connectivity index (χ4v) is 2.79. The molecule has 3 aromatic carbocycles. The lowest BCUT2D eigenvalue weighted by Gasteiger charge is -2.11. The topological polar surface area (TPSA) is 83.8 Å². The first-order valence-corrected chi connectivity index (χ1v) is 8.43. The van der Waals surface area contributed by atoms with Crippen LogP contribution < -0.4 is 4.74 Å². The number of hydrogen-bond donors (Lipinski definition) is 2. The first-order valence-electron chi connectivity index (χ1n) is 8.43. The zero-order chi connectivity index (χ0) is 19.4. The van der Waals surface area contributed by atoms with Crippen molar-refractivity contribution in [2.75, 3.05) is 6.61 Å². The average molecular weight is 362 g/mol. The second-order valence-corrected chi connectivity index (χ2v) is 5.94. The standard InChI is InChI=1S/C22H18O5/c1-2-27-20-12-18(14-3-7-16(8-4-14)21(23)24)11-19(13-20)15-5-9-17(10-6-15)22(25)26/h3-13H,2H2,1H3,(H,23,24)(H,25,26). The lowest BCUT2D eigenvalue weighted by atomic mass is 9.97. The van der Waals surface area contributed by atoms with Gasteiger partial charge in [0, 0.05) is 0 Å². The molecule has 0 aliphatic carbocycles. The number of hydrogen-bond acceptors (Lipinski definition) is 3. The summed E-state index contributed by atoms with van der Waals surface area (Å²) >= 11 is 0. The van der Waals surface area contributed by atoms with Gasteiger partial charge in [0.15, 0.2) is 0 Å². The zero-order valence-electron chi connectivity index (χ0n) is 14.7. The molecule has 0 aromatic heterocycles. The second-order valence-electron chi connectivity index (χ2n) is 5.94. The van der Waals surface area contributed by atoms with Crippen LogP contribution in [0.15, 0.2) is 66.7 Å². The van der Waals surface area contributed by atoms with E-state index >= 15 is 0 Å². The van der Waals surface area contributed by atoms with Gasteiger partial charge in [-0.05, 0) is 71.6 Å². The lowest BCUT2D eigenvalue weighted by Crippen LogP contribution is -1.96. The van der Waals surface area contributed by atoms with E-state index in [4.69, 9.17) is 14.9 Å². The molecule has 5 nitrogen and oxygen atoms in total. The maximum Gasteiger partial charge on any atom is 0.335 e. The van der Waals surface area contributed by atoms with Gasteiger partial charge in [0.25, 0.3) is 0 Å². The highest BCUT2D eigenvalue weighted by Gasteiger charge is 2.09. The Morgan fingerprint density at radius 2 is 1.11 bits per heavy atom. The van der Waals surface area contributed by atoms with E-state index in [0.717, 1.165) is 22.3 Å². The van der Waals surface area contributed by atoms with Crippen LogP contribution in [0.2, 0.25) is 0 Å². The molecule has 0 heterocycles. The summed E-state index contributed by atoms with van der Waals surface area (Å²) in [5.74, 6) is -1.25. The summed E-state index contributed by atoms with van der Waals surface area (Å²) in [6, 6.07) is 19.0. The summed E-state index contributed by atoms with van der Waals surface area (Å²) < 4.78 is 5.67. The van der Waals surface area contributed by atoms with E-state index < -0.39 is 11.9 Å². The quantitative estimate of drug-likeness (QED) is 0.657. The molecule has 27 heavy (non-hydrogen) atoms. The Bertz CT molecular complexity index is 897. The van der Waals surface area contributed by atoms with E-state index in [0.29, 0.717) is 12.4 Å².